The lowest BCUT2D eigenvalue weighted by Crippen LogP contribution is -2.21. The van der Waals surface area contributed by atoms with Crippen LogP contribution in [0.5, 0.6) is 0 Å². The van der Waals surface area contributed by atoms with Crippen molar-refractivity contribution < 1.29 is 18.8 Å². The Balaban J connectivity index is 0.00000139. The van der Waals surface area contributed by atoms with Gasteiger partial charge in [0.1, 0.15) is 17.7 Å². The second-order valence-corrected chi connectivity index (χ2v) is 4.38. The van der Waals surface area contributed by atoms with E-state index in [-0.39, 0.29) is 17.1 Å². The smallest absolute Gasteiger partial charge is 0.278 e. The number of nitrogens with one attached hydrogen (secondary N) is 2. The predicted octanol–water partition coefficient (Wildman–Crippen LogP) is 3.43. The van der Waals surface area contributed by atoms with Crippen molar-refractivity contribution in [2.75, 3.05) is 5.32 Å². The molecule has 1 heterocycles. The maximum Gasteiger partial charge on any atom is 0.278 e. The number of aryl methyl sites for hydroxylation is 1. The van der Waals surface area contributed by atoms with Crippen molar-refractivity contribution in [3.05, 3.63) is 52.7 Å². The molecule has 0 aliphatic heterocycles. The molecule has 0 atom stereocenters. The van der Waals surface area contributed by atoms with Gasteiger partial charge in [0, 0.05) is 0 Å². The minimum Gasteiger partial charge on any atom is -0.337 e. The first-order valence-electron chi connectivity index (χ1n) is 7.04. The van der Waals surface area contributed by atoms with Gasteiger partial charge in [-0.05, 0) is 30.7 Å². The van der Waals surface area contributed by atoms with Crippen LogP contribution in [-0.4, -0.2) is 16.1 Å². The molecule has 0 radical (unpaired) electrons. The molecule has 6 nitrogen and oxygen atoms in total. The van der Waals surface area contributed by atoms with Crippen LogP contribution in [0.15, 0.2) is 24.3 Å². The average Bonchev–Trinajstić information content (AvgIpc) is 2.59. The first-order chi connectivity index (χ1) is 11.5. The lowest BCUT2D eigenvalue weighted by Gasteiger charge is -2.11. The number of rotatable bonds is 3. The number of hydrogen-bond acceptors (Lipinski definition) is 5. The van der Waals surface area contributed by atoms with E-state index >= 15 is 0 Å². The number of hydroxylamine groups is 1. The summed E-state index contributed by atoms with van der Waals surface area (Å²) in [7, 11) is 0. The van der Waals surface area contributed by atoms with Crippen molar-refractivity contribution >= 4 is 17.4 Å². The van der Waals surface area contributed by atoms with Gasteiger partial charge in [0.2, 0.25) is 0 Å². The van der Waals surface area contributed by atoms with E-state index in [4.69, 9.17) is 10.5 Å². The highest BCUT2D eigenvalue weighted by atomic mass is 19.1. The third-order valence-electron chi connectivity index (χ3n) is 2.81. The molecule has 0 saturated heterocycles. The van der Waals surface area contributed by atoms with Gasteiger partial charge in [-0.15, -0.1) is 0 Å². The number of halogens is 2. The number of nitrogens with zero attached hydrogens (tertiary/aromatic N) is 2. The highest BCUT2D eigenvalue weighted by Gasteiger charge is 2.18. The molecule has 0 aliphatic rings. The van der Waals surface area contributed by atoms with Gasteiger partial charge in [-0.2, -0.15) is 5.26 Å². The summed E-state index contributed by atoms with van der Waals surface area (Å²) in [5.74, 6) is -2.95. The molecule has 1 aromatic heterocycles. The largest absolute Gasteiger partial charge is 0.337 e. The molecule has 2 rings (SSSR count). The lowest BCUT2D eigenvalue weighted by atomic mass is 10.2. The monoisotopic (exact) mass is 334 g/mol. The Kier molecular flexibility index (Phi) is 6.77. The minimum atomic E-state index is -1.05. The van der Waals surface area contributed by atoms with Crippen LogP contribution in [0.2, 0.25) is 0 Å². The Hall–Kier alpha value is -3.05. The third kappa shape index (κ3) is 4.24. The number of benzene rings is 1. The third-order valence-corrected chi connectivity index (χ3v) is 2.81. The Morgan fingerprint density at radius 3 is 2.46 bits per heavy atom. The summed E-state index contributed by atoms with van der Waals surface area (Å²) in [4.78, 5) is 15.2. The van der Waals surface area contributed by atoms with Gasteiger partial charge in [-0.1, -0.05) is 19.9 Å². The van der Waals surface area contributed by atoms with Crippen LogP contribution in [0.25, 0.3) is 0 Å². The van der Waals surface area contributed by atoms with Crippen LogP contribution in [0.3, 0.4) is 0 Å². The zero-order valence-electron chi connectivity index (χ0n) is 13.3. The topological polar surface area (TPSA) is 98.0 Å². The summed E-state index contributed by atoms with van der Waals surface area (Å²) >= 11 is 0. The Bertz CT molecular complexity index is 788. The molecule has 0 unspecified atom stereocenters. The standard InChI is InChI=1S/C14H10F2N4O2.C2H6/c1-7-2-3-11(9(15)4-7)18-13-8(14(21)20-22)5-10(16)12(6-17)19-13;1-2/h2-5,22H,1H3,(H,18,19)(H,20,21);1-2H3. The Labute approximate surface area is 137 Å². The van der Waals surface area contributed by atoms with Crippen molar-refractivity contribution in [1.82, 2.24) is 10.5 Å². The Morgan fingerprint density at radius 2 is 1.92 bits per heavy atom. The minimum absolute atomic E-state index is 0.0133. The Morgan fingerprint density at radius 1 is 1.25 bits per heavy atom. The van der Waals surface area contributed by atoms with Crippen molar-refractivity contribution in [3.63, 3.8) is 0 Å². The molecule has 2 aromatic rings. The number of aromatic nitrogens is 1. The molecular formula is C16H16F2N4O2. The summed E-state index contributed by atoms with van der Waals surface area (Å²) < 4.78 is 27.4. The fourth-order valence-corrected chi connectivity index (χ4v) is 1.74. The molecule has 24 heavy (non-hydrogen) atoms. The van der Waals surface area contributed by atoms with Crippen LogP contribution in [0, 0.1) is 29.9 Å². The first-order valence-corrected chi connectivity index (χ1v) is 7.04. The zero-order chi connectivity index (χ0) is 18.3. The van der Waals surface area contributed by atoms with E-state index in [1.807, 2.05) is 13.8 Å². The molecule has 0 saturated carbocycles. The van der Waals surface area contributed by atoms with Gasteiger partial charge in [0.05, 0.1) is 11.3 Å². The van der Waals surface area contributed by atoms with E-state index in [9.17, 15) is 13.6 Å². The van der Waals surface area contributed by atoms with Crippen molar-refractivity contribution in [2.24, 2.45) is 0 Å². The molecule has 126 valence electrons. The molecule has 0 aliphatic carbocycles. The quantitative estimate of drug-likeness (QED) is 0.590. The number of hydrogen-bond donors (Lipinski definition) is 3. The average molecular weight is 334 g/mol. The van der Waals surface area contributed by atoms with Crippen LogP contribution in [0.1, 0.15) is 35.5 Å². The van der Waals surface area contributed by atoms with E-state index in [0.29, 0.717) is 5.56 Å². The second-order valence-electron chi connectivity index (χ2n) is 4.38. The van der Waals surface area contributed by atoms with Gasteiger partial charge < -0.3 is 5.32 Å². The highest BCUT2D eigenvalue weighted by Crippen LogP contribution is 2.24. The van der Waals surface area contributed by atoms with Crippen LogP contribution in [-0.2, 0) is 0 Å². The summed E-state index contributed by atoms with van der Waals surface area (Å²) in [6.07, 6.45) is 0. The highest BCUT2D eigenvalue weighted by molar-refractivity contribution is 5.98. The zero-order valence-corrected chi connectivity index (χ0v) is 13.3. The number of pyridine rings is 1. The molecule has 8 heteroatoms. The summed E-state index contributed by atoms with van der Waals surface area (Å²) in [5, 5.41) is 20.0. The van der Waals surface area contributed by atoms with Crippen LogP contribution < -0.4 is 10.8 Å². The number of carbonyl (C=O) groups is 1. The van der Waals surface area contributed by atoms with Crippen LogP contribution in [0.4, 0.5) is 20.3 Å². The van der Waals surface area contributed by atoms with E-state index in [1.165, 1.54) is 23.7 Å². The fraction of sp³-hybridized carbons (Fsp3) is 0.188. The number of anilines is 2. The molecule has 0 spiro atoms. The normalized spacial score (nSPS) is 9.38. The predicted molar refractivity (Wildman–Crippen MR) is 83.9 cm³/mol. The maximum absolute atomic E-state index is 13.8. The van der Waals surface area contributed by atoms with E-state index < -0.39 is 23.2 Å². The number of amides is 1. The van der Waals surface area contributed by atoms with Gasteiger partial charge in [0.25, 0.3) is 5.91 Å². The van der Waals surface area contributed by atoms with Crippen molar-refractivity contribution in [3.8, 4) is 6.07 Å². The second kappa shape index (κ2) is 8.55. The maximum atomic E-state index is 13.8. The van der Waals surface area contributed by atoms with Crippen molar-refractivity contribution in [2.45, 2.75) is 20.8 Å². The van der Waals surface area contributed by atoms with Crippen LogP contribution >= 0.6 is 0 Å². The number of carbonyl (C=O) groups excluding carboxylic acids is 1. The summed E-state index contributed by atoms with van der Waals surface area (Å²) in [6, 6.07) is 6.52. The fourth-order valence-electron chi connectivity index (χ4n) is 1.74. The molecule has 1 amide bonds. The number of nitriles is 1. The summed E-state index contributed by atoms with van der Waals surface area (Å²) in [5.41, 5.74) is 1.06. The van der Waals surface area contributed by atoms with Gasteiger partial charge >= 0.3 is 0 Å². The van der Waals surface area contributed by atoms with E-state index in [2.05, 4.69) is 10.3 Å². The van der Waals surface area contributed by atoms with E-state index in [0.717, 1.165) is 6.07 Å². The molecule has 0 bridgehead atoms. The van der Waals surface area contributed by atoms with Gasteiger partial charge in [-0.3, -0.25) is 10.0 Å². The molecule has 1 aromatic carbocycles. The van der Waals surface area contributed by atoms with Crippen molar-refractivity contribution in [1.29, 1.82) is 5.26 Å². The molecule has 0 fully saturated rings. The van der Waals surface area contributed by atoms with Gasteiger partial charge in [0.15, 0.2) is 11.5 Å². The SMILES string of the molecule is CC.Cc1ccc(Nc2nc(C#N)c(F)cc2C(=O)NO)c(F)c1. The first kappa shape index (κ1) is 19.0. The molecular weight excluding hydrogens is 318 g/mol. The van der Waals surface area contributed by atoms with E-state index in [1.54, 1.807) is 13.0 Å². The summed E-state index contributed by atoms with van der Waals surface area (Å²) in [6.45, 7) is 5.70. The molecule has 3 N–H and O–H groups in total. The lowest BCUT2D eigenvalue weighted by molar-refractivity contribution is 0.0706. The van der Waals surface area contributed by atoms with Gasteiger partial charge in [-0.25, -0.2) is 19.2 Å².